The van der Waals surface area contributed by atoms with E-state index >= 15 is 0 Å². The summed E-state index contributed by atoms with van der Waals surface area (Å²) in [6, 6.07) is 9.15. The number of rotatable bonds is 3. The van der Waals surface area contributed by atoms with Gasteiger partial charge in [-0.1, -0.05) is 23.2 Å². The zero-order chi connectivity index (χ0) is 13.1. The molecule has 0 aliphatic rings. The van der Waals surface area contributed by atoms with Gasteiger partial charge in [-0.25, -0.2) is 4.39 Å². The molecule has 0 spiro atoms. The van der Waals surface area contributed by atoms with Crippen LogP contribution in [0.2, 0.25) is 10.0 Å². The number of benzene rings is 2. The van der Waals surface area contributed by atoms with Crippen LogP contribution in [0.4, 0.5) is 10.1 Å². The summed E-state index contributed by atoms with van der Waals surface area (Å²) in [7, 11) is 0. The summed E-state index contributed by atoms with van der Waals surface area (Å²) < 4.78 is 18.6. The van der Waals surface area contributed by atoms with E-state index in [1.54, 1.807) is 24.3 Å². The molecule has 0 saturated carbocycles. The minimum Gasteiger partial charge on any atom is -0.487 e. The zero-order valence-corrected chi connectivity index (χ0v) is 10.8. The number of hydrogen-bond donors (Lipinski definition) is 1. The molecule has 94 valence electrons. The number of nitrogens with two attached hydrogens (primary N) is 1. The molecule has 0 bridgehead atoms. The monoisotopic (exact) mass is 285 g/mol. The second-order valence-electron chi connectivity index (χ2n) is 3.76. The molecule has 2 rings (SSSR count). The highest BCUT2D eigenvalue weighted by Crippen LogP contribution is 2.28. The predicted octanol–water partition coefficient (Wildman–Crippen LogP) is 4.29. The van der Waals surface area contributed by atoms with E-state index in [0.29, 0.717) is 27.0 Å². The Morgan fingerprint density at radius 3 is 2.61 bits per heavy atom. The van der Waals surface area contributed by atoms with Crippen LogP contribution in [0.15, 0.2) is 36.4 Å². The van der Waals surface area contributed by atoms with Crippen molar-refractivity contribution in [3.63, 3.8) is 0 Å². The van der Waals surface area contributed by atoms with Crippen LogP contribution < -0.4 is 10.5 Å². The van der Waals surface area contributed by atoms with Crippen LogP contribution >= 0.6 is 23.2 Å². The molecule has 0 aromatic heterocycles. The van der Waals surface area contributed by atoms with Crippen LogP contribution in [0.3, 0.4) is 0 Å². The third kappa shape index (κ3) is 3.28. The molecule has 0 radical (unpaired) electrons. The minimum absolute atomic E-state index is 0.169. The third-order valence-electron chi connectivity index (χ3n) is 2.27. The van der Waals surface area contributed by atoms with Gasteiger partial charge in [0.25, 0.3) is 0 Å². The summed E-state index contributed by atoms with van der Waals surface area (Å²) in [5, 5.41) is 0.969. The molecule has 0 aliphatic heterocycles. The molecule has 2 aromatic carbocycles. The van der Waals surface area contributed by atoms with Gasteiger partial charge in [0.1, 0.15) is 18.2 Å². The SMILES string of the molecule is Nc1cc(F)cc(COc2cc(Cl)ccc2Cl)c1. The Morgan fingerprint density at radius 2 is 1.89 bits per heavy atom. The Bertz CT molecular complexity index is 555. The smallest absolute Gasteiger partial charge is 0.139 e. The normalized spacial score (nSPS) is 10.4. The molecule has 2 nitrogen and oxygen atoms in total. The second-order valence-corrected chi connectivity index (χ2v) is 4.60. The maximum absolute atomic E-state index is 13.1. The van der Waals surface area contributed by atoms with Crippen molar-refractivity contribution in [3.05, 3.63) is 57.8 Å². The first kappa shape index (κ1) is 13.0. The quantitative estimate of drug-likeness (QED) is 0.854. The lowest BCUT2D eigenvalue weighted by Gasteiger charge is -2.09. The lowest BCUT2D eigenvalue weighted by Crippen LogP contribution is -1.98. The Kier molecular flexibility index (Phi) is 3.94. The number of anilines is 1. The minimum atomic E-state index is -0.397. The Morgan fingerprint density at radius 1 is 1.11 bits per heavy atom. The van der Waals surface area contributed by atoms with Crippen molar-refractivity contribution in [1.82, 2.24) is 0 Å². The number of nitrogen functional groups attached to an aromatic ring is 1. The van der Waals surface area contributed by atoms with Crippen LogP contribution in [0, 0.1) is 5.82 Å². The molecule has 2 aromatic rings. The third-order valence-corrected chi connectivity index (χ3v) is 2.81. The Labute approximate surface area is 114 Å². The number of hydrogen-bond acceptors (Lipinski definition) is 2. The van der Waals surface area contributed by atoms with Gasteiger partial charge in [0.2, 0.25) is 0 Å². The Balaban J connectivity index is 2.13. The number of ether oxygens (including phenoxy) is 1. The topological polar surface area (TPSA) is 35.2 Å². The van der Waals surface area contributed by atoms with Crippen LogP contribution in [0.25, 0.3) is 0 Å². The molecule has 5 heteroatoms. The zero-order valence-electron chi connectivity index (χ0n) is 9.29. The lowest BCUT2D eigenvalue weighted by atomic mass is 10.2. The summed E-state index contributed by atoms with van der Waals surface area (Å²) in [5.41, 5.74) is 6.52. The summed E-state index contributed by atoms with van der Waals surface area (Å²) >= 11 is 11.8. The largest absolute Gasteiger partial charge is 0.487 e. The molecule has 0 saturated heterocycles. The van der Waals surface area contributed by atoms with Gasteiger partial charge in [-0.15, -0.1) is 0 Å². The fourth-order valence-corrected chi connectivity index (χ4v) is 1.84. The average molecular weight is 286 g/mol. The Hall–Kier alpha value is -1.45. The van der Waals surface area contributed by atoms with Crippen molar-refractivity contribution in [1.29, 1.82) is 0 Å². The van der Waals surface area contributed by atoms with E-state index in [0.717, 1.165) is 0 Å². The van der Waals surface area contributed by atoms with Crippen molar-refractivity contribution in [2.24, 2.45) is 0 Å². The van der Waals surface area contributed by atoms with Crippen molar-refractivity contribution < 1.29 is 9.13 Å². The highest BCUT2D eigenvalue weighted by molar-refractivity contribution is 6.34. The van der Waals surface area contributed by atoms with Crippen LogP contribution in [-0.4, -0.2) is 0 Å². The van der Waals surface area contributed by atoms with E-state index < -0.39 is 5.82 Å². The van der Waals surface area contributed by atoms with E-state index in [-0.39, 0.29) is 6.61 Å². The van der Waals surface area contributed by atoms with Crippen molar-refractivity contribution in [2.45, 2.75) is 6.61 Å². The maximum atomic E-state index is 13.1. The molecule has 0 amide bonds. The number of halogens is 3. The van der Waals surface area contributed by atoms with E-state index in [1.807, 2.05) is 0 Å². The van der Waals surface area contributed by atoms with Crippen molar-refractivity contribution in [3.8, 4) is 5.75 Å². The van der Waals surface area contributed by atoms with E-state index in [9.17, 15) is 4.39 Å². The standard InChI is InChI=1S/C13H10Cl2FNO/c14-9-1-2-12(15)13(5-9)18-7-8-3-10(16)6-11(17)4-8/h1-6H,7,17H2. The summed E-state index contributed by atoms with van der Waals surface area (Å²) in [5.74, 6) is 0.0535. The molecule has 18 heavy (non-hydrogen) atoms. The van der Waals surface area contributed by atoms with Gasteiger partial charge in [0.15, 0.2) is 0 Å². The first-order valence-electron chi connectivity index (χ1n) is 5.17. The van der Waals surface area contributed by atoms with Gasteiger partial charge in [0.05, 0.1) is 5.02 Å². The van der Waals surface area contributed by atoms with Gasteiger partial charge >= 0.3 is 0 Å². The molecule has 2 N–H and O–H groups in total. The molecule has 0 heterocycles. The maximum Gasteiger partial charge on any atom is 0.139 e. The molecular weight excluding hydrogens is 276 g/mol. The summed E-state index contributed by atoms with van der Waals surface area (Å²) in [4.78, 5) is 0. The highest BCUT2D eigenvalue weighted by atomic mass is 35.5. The van der Waals surface area contributed by atoms with Crippen molar-refractivity contribution in [2.75, 3.05) is 5.73 Å². The van der Waals surface area contributed by atoms with E-state index in [4.69, 9.17) is 33.7 Å². The molecule has 0 unspecified atom stereocenters. The van der Waals surface area contributed by atoms with Gasteiger partial charge < -0.3 is 10.5 Å². The molecule has 0 fully saturated rings. The van der Waals surface area contributed by atoms with Crippen LogP contribution in [0.1, 0.15) is 5.56 Å². The van der Waals surface area contributed by atoms with Crippen LogP contribution in [0.5, 0.6) is 5.75 Å². The average Bonchev–Trinajstić information content (AvgIpc) is 2.29. The van der Waals surface area contributed by atoms with Gasteiger partial charge in [-0.2, -0.15) is 0 Å². The fraction of sp³-hybridized carbons (Fsp3) is 0.0769. The van der Waals surface area contributed by atoms with Crippen LogP contribution in [-0.2, 0) is 6.61 Å². The van der Waals surface area contributed by atoms with Crippen molar-refractivity contribution >= 4 is 28.9 Å². The molecule has 0 atom stereocenters. The first-order valence-corrected chi connectivity index (χ1v) is 5.93. The van der Waals surface area contributed by atoms with Gasteiger partial charge in [-0.05, 0) is 35.9 Å². The second kappa shape index (κ2) is 5.46. The predicted molar refractivity (Wildman–Crippen MR) is 71.6 cm³/mol. The van der Waals surface area contributed by atoms with Gasteiger partial charge in [0, 0.05) is 16.8 Å². The summed E-state index contributed by atoms with van der Waals surface area (Å²) in [6.07, 6.45) is 0. The highest BCUT2D eigenvalue weighted by Gasteiger charge is 2.04. The fourth-order valence-electron chi connectivity index (χ4n) is 1.51. The lowest BCUT2D eigenvalue weighted by molar-refractivity contribution is 0.306. The van der Waals surface area contributed by atoms with E-state index in [1.165, 1.54) is 12.1 Å². The molecular formula is C13H10Cl2FNO. The first-order chi connectivity index (χ1) is 8.54. The van der Waals surface area contributed by atoms with E-state index in [2.05, 4.69) is 0 Å². The molecule has 0 aliphatic carbocycles. The summed E-state index contributed by atoms with van der Waals surface area (Å²) in [6.45, 7) is 0.169. The van der Waals surface area contributed by atoms with Gasteiger partial charge in [-0.3, -0.25) is 0 Å².